The maximum absolute atomic E-state index is 11.5. The lowest BCUT2D eigenvalue weighted by Gasteiger charge is -2.09. The van der Waals surface area contributed by atoms with Crippen molar-refractivity contribution < 1.29 is 9.53 Å². The van der Waals surface area contributed by atoms with Crippen LogP contribution in [-0.4, -0.2) is 17.8 Å². The molecule has 15 heavy (non-hydrogen) atoms. The van der Waals surface area contributed by atoms with Crippen LogP contribution in [0.25, 0.3) is 0 Å². The number of anilines is 1. The van der Waals surface area contributed by atoms with Gasteiger partial charge in [0, 0.05) is 11.8 Å². The van der Waals surface area contributed by atoms with Crippen LogP contribution >= 0.6 is 15.9 Å². The van der Waals surface area contributed by atoms with Gasteiger partial charge in [-0.3, -0.25) is 4.79 Å². The van der Waals surface area contributed by atoms with Crippen molar-refractivity contribution in [3.63, 3.8) is 0 Å². The standard InChI is InChI=1S/C11H14BrNO2/c1-3-10(12)11(14)13-8-5-4-6-9(7-8)15-2/h4-7,10H,3H2,1-2H3,(H,13,14)/t10-/m1/s1. The second-order valence-electron chi connectivity index (χ2n) is 3.10. The molecule has 1 aromatic rings. The summed E-state index contributed by atoms with van der Waals surface area (Å²) < 4.78 is 5.06. The number of nitrogens with one attached hydrogen (secondary N) is 1. The van der Waals surface area contributed by atoms with Gasteiger partial charge >= 0.3 is 0 Å². The lowest BCUT2D eigenvalue weighted by Crippen LogP contribution is -2.21. The van der Waals surface area contributed by atoms with E-state index in [9.17, 15) is 4.79 Å². The summed E-state index contributed by atoms with van der Waals surface area (Å²) in [6.45, 7) is 1.95. The van der Waals surface area contributed by atoms with E-state index in [0.717, 1.165) is 17.9 Å². The van der Waals surface area contributed by atoms with Gasteiger partial charge in [0.1, 0.15) is 5.75 Å². The van der Waals surface area contributed by atoms with Crippen molar-refractivity contribution in [1.29, 1.82) is 0 Å². The van der Waals surface area contributed by atoms with E-state index in [1.54, 1.807) is 13.2 Å². The molecule has 1 amide bonds. The molecule has 0 aliphatic carbocycles. The summed E-state index contributed by atoms with van der Waals surface area (Å²) in [4.78, 5) is 11.4. The predicted octanol–water partition coefficient (Wildman–Crippen LogP) is 2.81. The van der Waals surface area contributed by atoms with Crippen molar-refractivity contribution >= 4 is 27.5 Å². The molecule has 3 nitrogen and oxygen atoms in total. The summed E-state index contributed by atoms with van der Waals surface area (Å²) >= 11 is 3.29. The molecule has 0 radical (unpaired) electrons. The molecule has 1 atom stereocenters. The minimum Gasteiger partial charge on any atom is -0.497 e. The number of ether oxygens (including phenoxy) is 1. The van der Waals surface area contributed by atoms with Gasteiger partial charge in [-0.15, -0.1) is 0 Å². The maximum Gasteiger partial charge on any atom is 0.238 e. The SMILES string of the molecule is CC[C@@H](Br)C(=O)Nc1cccc(OC)c1. The average Bonchev–Trinajstić information content (AvgIpc) is 2.28. The van der Waals surface area contributed by atoms with Gasteiger partial charge < -0.3 is 10.1 Å². The maximum atomic E-state index is 11.5. The fourth-order valence-electron chi connectivity index (χ4n) is 1.11. The molecule has 0 spiro atoms. The number of amides is 1. The fourth-order valence-corrected chi connectivity index (χ4v) is 1.22. The third-order valence-corrected chi connectivity index (χ3v) is 3.04. The Balaban J connectivity index is 2.68. The van der Waals surface area contributed by atoms with Gasteiger partial charge in [-0.2, -0.15) is 0 Å². The first-order chi connectivity index (χ1) is 7.17. The molecule has 0 aliphatic rings. The van der Waals surface area contributed by atoms with Crippen molar-refractivity contribution in [2.45, 2.75) is 18.2 Å². The molecule has 0 saturated heterocycles. The third kappa shape index (κ3) is 3.55. The summed E-state index contributed by atoms with van der Waals surface area (Å²) in [5, 5.41) is 2.80. The molecule has 0 aromatic heterocycles. The molecule has 1 rings (SSSR count). The number of methoxy groups -OCH3 is 1. The number of carbonyl (C=O) groups excluding carboxylic acids is 1. The van der Waals surface area contributed by atoms with Crippen molar-refractivity contribution in [2.24, 2.45) is 0 Å². The molecule has 82 valence electrons. The van der Waals surface area contributed by atoms with E-state index in [0.29, 0.717) is 0 Å². The molecule has 1 N–H and O–H groups in total. The van der Waals surface area contributed by atoms with Crippen LogP contribution in [0.15, 0.2) is 24.3 Å². The smallest absolute Gasteiger partial charge is 0.238 e. The Labute approximate surface area is 97.9 Å². The molecule has 0 unspecified atom stereocenters. The first-order valence-electron chi connectivity index (χ1n) is 4.76. The predicted molar refractivity (Wildman–Crippen MR) is 64.6 cm³/mol. The fraction of sp³-hybridized carbons (Fsp3) is 0.364. The van der Waals surface area contributed by atoms with Crippen LogP contribution in [0.5, 0.6) is 5.75 Å². The van der Waals surface area contributed by atoms with Gasteiger partial charge in [-0.05, 0) is 18.6 Å². The number of carbonyl (C=O) groups is 1. The number of halogens is 1. The number of hydrogen-bond donors (Lipinski definition) is 1. The Bertz CT molecular complexity index is 341. The summed E-state index contributed by atoms with van der Waals surface area (Å²) in [6, 6.07) is 7.29. The number of rotatable bonds is 4. The highest BCUT2D eigenvalue weighted by Crippen LogP contribution is 2.17. The number of benzene rings is 1. The van der Waals surface area contributed by atoms with E-state index in [1.807, 2.05) is 25.1 Å². The average molecular weight is 272 g/mol. The van der Waals surface area contributed by atoms with Gasteiger partial charge in [0.25, 0.3) is 0 Å². The largest absolute Gasteiger partial charge is 0.497 e. The quantitative estimate of drug-likeness (QED) is 0.856. The monoisotopic (exact) mass is 271 g/mol. The van der Waals surface area contributed by atoms with Crippen molar-refractivity contribution in [1.82, 2.24) is 0 Å². The topological polar surface area (TPSA) is 38.3 Å². The van der Waals surface area contributed by atoms with E-state index in [1.165, 1.54) is 0 Å². The Morgan fingerprint density at radius 2 is 2.33 bits per heavy atom. The highest BCUT2D eigenvalue weighted by Gasteiger charge is 2.12. The van der Waals surface area contributed by atoms with Crippen LogP contribution in [-0.2, 0) is 4.79 Å². The first-order valence-corrected chi connectivity index (χ1v) is 5.68. The summed E-state index contributed by atoms with van der Waals surface area (Å²) in [7, 11) is 1.60. The highest BCUT2D eigenvalue weighted by molar-refractivity contribution is 9.10. The van der Waals surface area contributed by atoms with E-state index >= 15 is 0 Å². The van der Waals surface area contributed by atoms with Crippen LogP contribution in [0.4, 0.5) is 5.69 Å². The molecule has 0 saturated carbocycles. The van der Waals surface area contributed by atoms with Crippen LogP contribution in [0.3, 0.4) is 0 Å². The molecule has 0 aliphatic heterocycles. The molecular formula is C11H14BrNO2. The van der Waals surface area contributed by atoms with E-state index in [4.69, 9.17) is 4.74 Å². The third-order valence-electron chi connectivity index (χ3n) is 1.98. The molecule has 1 aromatic carbocycles. The summed E-state index contributed by atoms with van der Waals surface area (Å²) in [5.74, 6) is 0.696. The first kappa shape index (κ1) is 12.0. The molecule has 4 heteroatoms. The van der Waals surface area contributed by atoms with Gasteiger partial charge in [0.2, 0.25) is 5.91 Å². The molecular weight excluding hydrogens is 258 g/mol. The molecule has 0 bridgehead atoms. The lowest BCUT2D eigenvalue weighted by molar-refractivity contribution is -0.115. The van der Waals surface area contributed by atoms with Gasteiger partial charge in [-0.25, -0.2) is 0 Å². The number of alkyl halides is 1. The second kappa shape index (κ2) is 5.75. The van der Waals surface area contributed by atoms with E-state index in [2.05, 4.69) is 21.2 Å². The normalized spacial score (nSPS) is 11.9. The van der Waals surface area contributed by atoms with Crippen molar-refractivity contribution in [3.05, 3.63) is 24.3 Å². The van der Waals surface area contributed by atoms with E-state index in [-0.39, 0.29) is 10.7 Å². The van der Waals surface area contributed by atoms with Crippen LogP contribution in [0.2, 0.25) is 0 Å². The van der Waals surface area contributed by atoms with Gasteiger partial charge in [-0.1, -0.05) is 28.9 Å². The van der Waals surface area contributed by atoms with Crippen molar-refractivity contribution in [3.8, 4) is 5.75 Å². The van der Waals surface area contributed by atoms with Crippen molar-refractivity contribution in [2.75, 3.05) is 12.4 Å². The Morgan fingerprint density at radius 3 is 2.93 bits per heavy atom. The molecule has 0 fully saturated rings. The van der Waals surface area contributed by atoms with Crippen LogP contribution in [0, 0.1) is 0 Å². The zero-order valence-electron chi connectivity index (χ0n) is 8.79. The second-order valence-corrected chi connectivity index (χ2v) is 4.20. The van der Waals surface area contributed by atoms with Gasteiger partial charge in [0.15, 0.2) is 0 Å². The van der Waals surface area contributed by atoms with E-state index < -0.39 is 0 Å². The minimum absolute atomic E-state index is 0.0363. The Morgan fingerprint density at radius 1 is 1.60 bits per heavy atom. The van der Waals surface area contributed by atoms with Crippen LogP contribution < -0.4 is 10.1 Å². The highest BCUT2D eigenvalue weighted by atomic mass is 79.9. The van der Waals surface area contributed by atoms with Crippen LogP contribution in [0.1, 0.15) is 13.3 Å². The zero-order valence-corrected chi connectivity index (χ0v) is 10.4. The zero-order chi connectivity index (χ0) is 11.3. The Kier molecular flexibility index (Phi) is 4.62. The number of hydrogen-bond acceptors (Lipinski definition) is 2. The molecule has 0 heterocycles. The summed E-state index contributed by atoms with van der Waals surface area (Å²) in [6.07, 6.45) is 0.760. The van der Waals surface area contributed by atoms with Gasteiger partial charge in [0.05, 0.1) is 11.9 Å². The summed E-state index contributed by atoms with van der Waals surface area (Å²) in [5.41, 5.74) is 0.747. The Hall–Kier alpha value is -1.03. The lowest BCUT2D eigenvalue weighted by atomic mass is 10.2. The minimum atomic E-state index is -0.149.